The van der Waals surface area contributed by atoms with Crippen LogP contribution in [-0.4, -0.2) is 38.9 Å². The Bertz CT molecular complexity index is 708. The van der Waals surface area contributed by atoms with Crippen LogP contribution in [0.1, 0.15) is 28.9 Å². The summed E-state index contributed by atoms with van der Waals surface area (Å²) in [6.45, 7) is 1.29. The Labute approximate surface area is 132 Å². The van der Waals surface area contributed by atoms with Gasteiger partial charge in [-0.15, -0.1) is 5.10 Å². The number of aromatic nitrogens is 3. The summed E-state index contributed by atoms with van der Waals surface area (Å²) in [4.78, 5) is 14.0. The van der Waals surface area contributed by atoms with Crippen molar-refractivity contribution < 1.29 is 13.6 Å². The van der Waals surface area contributed by atoms with Gasteiger partial charge in [-0.1, -0.05) is 11.3 Å². The molecule has 1 saturated heterocycles. The van der Waals surface area contributed by atoms with Crippen LogP contribution >= 0.6 is 0 Å². The Morgan fingerprint density at radius 2 is 2.00 bits per heavy atom. The molecule has 122 valence electrons. The number of carbonyl (C=O) groups is 1. The highest BCUT2D eigenvalue weighted by Crippen LogP contribution is 2.23. The first-order chi connectivity index (χ1) is 11.0. The van der Waals surface area contributed by atoms with Crippen molar-refractivity contribution in [1.29, 1.82) is 0 Å². The van der Waals surface area contributed by atoms with Gasteiger partial charge in [0.05, 0.1) is 6.20 Å². The van der Waals surface area contributed by atoms with E-state index in [-0.39, 0.29) is 5.91 Å². The molecule has 7 heteroatoms. The molecule has 0 bridgehead atoms. The van der Waals surface area contributed by atoms with Crippen LogP contribution in [0.5, 0.6) is 0 Å². The molecule has 1 aromatic carbocycles. The summed E-state index contributed by atoms with van der Waals surface area (Å²) >= 11 is 0. The third-order valence-corrected chi connectivity index (χ3v) is 4.23. The summed E-state index contributed by atoms with van der Waals surface area (Å²) in [5.41, 5.74) is 1.15. The predicted molar refractivity (Wildman–Crippen MR) is 79.7 cm³/mol. The zero-order valence-electron chi connectivity index (χ0n) is 12.9. The van der Waals surface area contributed by atoms with Gasteiger partial charge in [0.25, 0.3) is 5.91 Å². The Hall–Kier alpha value is -2.31. The van der Waals surface area contributed by atoms with Gasteiger partial charge in [-0.3, -0.25) is 9.48 Å². The van der Waals surface area contributed by atoms with Crippen LogP contribution < -0.4 is 0 Å². The van der Waals surface area contributed by atoms with E-state index in [0.29, 0.717) is 31.1 Å². The molecule has 0 saturated carbocycles. The number of halogens is 2. The first-order valence-electron chi connectivity index (χ1n) is 7.62. The molecule has 0 N–H and O–H groups in total. The number of hydrogen-bond donors (Lipinski definition) is 0. The molecule has 3 rings (SSSR count). The van der Waals surface area contributed by atoms with E-state index in [4.69, 9.17) is 0 Å². The van der Waals surface area contributed by atoms with Crippen molar-refractivity contribution in [2.24, 2.45) is 13.0 Å². The lowest BCUT2D eigenvalue weighted by Crippen LogP contribution is -2.39. The number of carbonyl (C=O) groups excluding carboxylic acids is 1. The molecule has 1 aliphatic heterocycles. The first-order valence-corrected chi connectivity index (χ1v) is 7.62. The fourth-order valence-corrected chi connectivity index (χ4v) is 2.95. The van der Waals surface area contributed by atoms with Crippen molar-refractivity contribution >= 4 is 5.91 Å². The van der Waals surface area contributed by atoms with Crippen LogP contribution in [0.3, 0.4) is 0 Å². The molecular weight excluding hydrogens is 302 g/mol. The van der Waals surface area contributed by atoms with E-state index in [2.05, 4.69) is 10.3 Å². The lowest BCUT2D eigenvalue weighted by atomic mass is 9.90. The minimum absolute atomic E-state index is 0.107. The Kier molecular flexibility index (Phi) is 4.36. The molecule has 0 atom stereocenters. The number of hydrogen-bond acceptors (Lipinski definition) is 3. The van der Waals surface area contributed by atoms with Crippen LogP contribution in [0.4, 0.5) is 8.78 Å². The van der Waals surface area contributed by atoms with E-state index in [0.717, 1.165) is 24.5 Å². The standard InChI is InChI=1S/C16H18F2N4O/c1-21-10-15(19-20-21)16(23)22-6-4-11(5-7-22)8-12-2-3-13(17)14(18)9-12/h2-3,9-11H,4-8H2,1H3. The van der Waals surface area contributed by atoms with Crippen molar-refractivity contribution in [2.45, 2.75) is 19.3 Å². The van der Waals surface area contributed by atoms with Crippen molar-refractivity contribution in [3.63, 3.8) is 0 Å². The van der Waals surface area contributed by atoms with Crippen molar-refractivity contribution in [2.75, 3.05) is 13.1 Å². The summed E-state index contributed by atoms with van der Waals surface area (Å²) in [6, 6.07) is 4.04. The fraction of sp³-hybridized carbons (Fsp3) is 0.438. The second-order valence-electron chi connectivity index (χ2n) is 5.97. The number of amides is 1. The quantitative estimate of drug-likeness (QED) is 0.871. The third kappa shape index (κ3) is 3.55. The van der Waals surface area contributed by atoms with Gasteiger partial charge in [0.1, 0.15) is 0 Å². The lowest BCUT2D eigenvalue weighted by Gasteiger charge is -2.31. The topological polar surface area (TPSA) is 51.0 Å². The zero-order chi connectivity index (χ0) is 16.4. The summed E-state index contributed by atoms with van der Waals surface area (Å²) < 4.78 is 27.7. The molecule has 5 nitrogen and oxygen atoms in total. The van der Waals surface area contributed by atoms with Gasteiger partial charge in [0.15, 0.2) is 17.3 Å². The second-order valence-corrected chi connectivity index (χ2v) is 5.97. The Morgan fingerprint density at radius 1 is 1.26 bits per heavy atom. The maximum Gasteiger partial charge on any atom is 0.276 e. The fourth-order valence-electron chi connectivity index (χ4n) is 2.95. The number of aryl methyl sites for hydroxylation is 1. The monoisotopic (exact) mass is 320 g/mol. The molecule has 1 aliphatic rings. The predicted octanol–water partition coefficient (Wildman–Crippen LogP) is 2.19. The molecule has 0 unspecified atom stereocenters. The Balaban J connectivity index is 1.56. The summed E-state index contributed by atoms with van der Waals surface area (Å²) in [5, 5.41) is 7.61. The van der Waals surface area contributed by atoms with Gasteiger partial charge in [0.2, 0.25) is 0 Å². The highest BCUT2D eigenvalue weighted by Gasteiger charge is 2.25. The van der Waals surface area contributed by atoms with Crippen molar-refractivity contribution in [3.05, 3.63) is 47.3 Å². The van der Waals surface area contributed by atoms with Gasteiger partial charge < -0.3 is 4.90 Å². The Morgan fingerprint density at radius 3 is 2.61 bits per heavy atom. The van der Waals surface area contributed by atoms with Gasteiger partial charge in [-0.05, 0) is 42.9 Å². The molecule has 2 aromatic rings. The average Bonchev–Trinajstić information content (AvgIpc) is 2.97. The zero-order valence-corrected chi connectivity index (χ0v) is 12.9. The number of piperidine rings is 1. The van der Waals surface area contributed by atoms with Gasteiger partial charge in [0, 0.05) is 20.1 Å². The van der Waals surface area contributed by atoms with E-state index in [9.17, 15) is 13.6 Å². The summed E-state index contributed by atoms with van der Waals surface area (Å²) in [5.74, 6) is -1.37. The largest absolute Gasteiger partial charge is 0.337 e. The number of likely N-dealkylation sites (tertiary alicyclic amines) is 1. The van der Waals surface area contributed by atoms with E-state index in [1.807, 2.05) is 0 Å². The van der Waals surface area contributed by atoms with Crippen LogP contribution in [0.15, 0.2) is 24.4 Å². The summed E-state index contributed by atoms with van der Waals surface area (Å²) in [7, 11) is 1.72. The van der Waals surface area contributed by atoms with E-state index < -0.39 is 11.6 Å². The normalized spacial score (nSPS) is 15.9. The van der Waals surface area contributed by atoms with Gasteiger partial charge in [-0.25, -0.2) is 8.78 Å². The number of rotatable bonds is 3. The number of benzene rings is 1. The lowest BCUT2D eigenvalue weighted by molar-refractivity contribution is 0.0684. The van der Waals surface area contributed by atoms with Crippen molar-refractivity contribution in [3.8, 4) is 0 Å². The highest BCUT2D eigenvalue weighted by molar-refractivity contribution is 5.91. The van der Waals surface area contributed by atoms with Crippen LogP contribution in [-0.2, 0) is 13.5 Å². The van der Waals surface area contributed by atoms with Crippen LogP contribution in [0, 0.1) is 17.6 Å². The van der Waals surface area contributed by atoms with Crippen molar-refractivity contribution in [1.82, 2.24) is 19.9 Å². The maximum absolute atomic E-state index is 13.2. The molecule has 1 aromatic heterocycles. The van der Waals surface area contributed by atoms with E-state index in [1.54, 1.807) is 24.2 Å². The minimum atomic E-state index is -0.821. The molecule has 23 heavy (non-hydrogen) atoms. The van der Waals surface area contributed by atoms with E-state index in [1.165, 1.54) is 10.7 Å². The molecule has 0 spiro atoms. The minimum Gasteiger partial charge on any atom is -0.337 e. The average molecular weight is 320 g/mol. The molecule has 0 aliphatic carbocycles. The highest BCUT2D eigenvalue weighted by atomic mass is 19.2. The van der Waals surface area contributed by atoms with Crippen LogP contribution in [0.2, 0.25) is 0 Å². The molecule has 1 amide bonds. The molecule has 1 fully saturated rings. The second kappa shape index (κ2) is 6.44. The summed E-state index contributed by atoms with van der Waals surface area (Å²) in [6.07, 6.45) is 3.98. The van der Waals surface area contributed by atoms with Crippen LogP contribution in [0.25, 0.3) is 0 Å². The first kappa shape index (κ1) is 15.6. The van der Waals surface area contributed by atoms with Gasteiger partial charge in [-0.2, -0.15) is 0 Å². The molecule has 2 heterocycles. The molecular formula is C16H18F2N4O. The third-order valence-electron chi connectivity index (χ3n) is 4.23. The maximum atomic E-state index is 13.2. The number of nitrogens with zero attached hydrogens (tertiary/aromatic N) is 4. The van der Waals surface area contributed by atoms with Gasteiger partial charge >= 0.3 is 0 Å². The van der Waals surface area contributed by atoms with E-state index >= 15 is 0 Å². The molecule has 0 radical (unpaired) electrons. The smallest absolute Gasteiger partial charge is 0.276 e. The SMILES string of the molecule is Cn1cc(C(=O)N2CCC(Cc3ccc(F)c(F)c3)CC2)nn1.